The van der Waals surface area contributed by atoms with E-state index in [1.165, 1.54) is 0 Å². The Kier molecular flexibility index (Phi) is 2.53. The molecule has 2 N–H and O–H groups in total. The van der Waals surface area contributed by atoms with Gasteiger partial charge >= 0.3 is 0 Å². The third-order valence-electron chi connectivity index (χ3n) is 2.68. The highest BCUT2D eigenvalue weighted by Crippen LogP contribution is 2.16. The summed E-state index contributed by atoms with van der Waals surface area (Å²) in [6, 6.07) is 17.6. The highest BCUT2D eigenvalue weighted by Gasteiger charge is 2.05. The molecule has 0 aliphatic rings. The number of nitrogens with zero attached hydrogens (tertiary/aromatic N) is 3. The summed E-state index contributed by atoms with van der Waals surface area (Å²) in [5.41, 5.74) is 8.63. The van der Waals surface area contributed by atoms with Gasteiger partial charge in [0.25, 0.3) is 0 Å². The van der Waals surface area contributed by atoms with Crippen molar-refractivity contribution in [2.45, 2.75) is 0 Å². The van der Waals surface area contributed by atoms with Crippen LogP contribution in [0.3, 0.4) is 0 Å². The molecule has 1 aromatic heterocycles. The molecule has 0 fully saturated rings. The molecule has 0 spiro atoms. The van der Waals surface area contributed by atoms with Gasteiger partial charge in [-0.25, -0.2) is 4.98 Å². The predicted octanol–water partition coefficient (Wildman–Crippen LogP) is 2.50. The molecule has 0 amide bonds. The standard InChI is InChI=1S/C14H12N4/c15-14-17-12-8-4-5-9-13(12)18(14)16-10-11-6-2-1-3-7-11/h1-10H,(H2,15,17). The Bertz CT molecular complexity index is 698. The van der Waals surface area contributed by atoms with E-state index < -0.39 is 0 Å². The highest BCUT2D eigenvalue weighted by atomic mass is 15.4. The molecule has 0 saturated carbocycles. The summed E-state index contributed by atoms with van der Waals surface area (Å²) in [5.74, 6) is 0.392. The number of aromatic nitrogens is 2. The Balaban J connectivity index is 2.05. The number of benzene rings is 2. The summed E-state index contributed by atoms with van der Waals surface area (Å²) in [6.07, 6.45) is 1.77. The number of hydrogen-bond acceptors (Lipinski definition) is 3. The summed E-state index contributed by atoms with van der Waals surface area (Å²) >= 11 is 0. The minimum absolute atomic E-state index is 0.392. The minimum atomic E-state index is 0.392. The van der Waals surface area contributed by atoms with Crippen molar-refractivity contribution in [1.29, 1.82) is 0 Å². The van der Waals surface area contributed by atoms with Crippen LogP contribution in [0.2, 0.25) is 0 Å². The number of hydrogen-bond donors (Lipinski definition) is 1. The smallest absolute Gasteiger partial charge is 0.222 e. The van der Waals surface area contributed by atoms with Gasteiger partial charge in [0, 0.05) is 0 Å². The van der Waals surface area contributed by atoms with Crippen molar-refractivity contribution in [1.82, 2.24) is 9.66 Å². The molecule has 2 aromatic carbocycles. The fraction of sp³-hybridized carbons (Fsp3) is 0. The second-order valence-electron chi connectivity index (χ2n) is 3.93. The number of rotatable bonds is 2. The van der Waals surface area contributed by atoms with Crippen LogP contribution in [0.1, 0.15) is 5.56 Å². The van der Waals surface area contributed by atoms with E-state index in [1.807, 2.05) is 54.6 Å². The van der Waals surface area contributed by atoms with Gasteiger partial charge in [-0.15, -0.1) is 0 Å². The van der Waals surface area contributed by atoms with Crippen molar-refractivity contribution in [3.8, 4) is 0 Å². The van der Waals surface area contributed by atoms with Crippen LogP contribution in [0.5, 0.6) is 0 Å². The lowest BCUT2D eigenvalue weighted by Crippen LogP contribution is -1.97. The Morgan fingerprint density at radius 1 is 1.00 bits per heavy atom. The molecule has 0 saturated heterocycles. The van der Waals surface area contributed by atoms with Crippen LogP contribution < -0.4 is 5.73 Å². The SMILES string of the molecule is Nc1nc2ccccc2n1N=Cc1ccccc1. The van der Waals surface area contributed by atoms with Gasteiger partial charge in [-0.05, 0) is 17.7 Å². The Morgan fingerprint density at radius 3 is 2.56 bits per heavy atom. The lowest BCUT2D eigenvalue weighted by Gasteiger charge is -1.97. The Morgan fingerprint density at radius 2 is 1.72 bits per heavy atom. The van der Waals surface area contributed by atoms with Gasteiger partial charge in [-0.3, -0.25) is 0 Å². The van der Waals surface area contributed by atoms with E-state index in [2.05, 4.69) is 10.1 Å². The first-order valence-electron chi connectivity index (χ1n) is 5.67. The van der Waals surface area contributed by atoms with Gasteiger partial charge in [-0.1, -0.05) is 42.5 Å². The topological polar surface area (TPSA) is 56.2 Å². The third kappa shape index (κ3) is 1.84. The maximum atomic E-state index is 5.86. The molecule has 0 atom stereocenters. The van der Waals surface area contributed by atoms with E-state index in [-0.39, 0.29) is 0 Å². The summed E-state index contributed by atoms with van der Waals surface area (Å²) in [7, 11) is 0. The van der Waals surface area contributed by atoms with Gasteiger partial charge in [0.05, 0.1) is 17.2 Å². The maximum Gasteiger partial charge on any atom is 0.222 e. The molecule has 0 bridgehead atoms. The van der Waals surface area contributed by atoms with E-state index in [0.717, 1.165) is 16.6 Å². The van der Waals surface area contributed by atoms with Crippen LogP contribution in [0.25, 0.3) is 11.0 Å². The summed E-state index contributed by atoms with van der Waals surface area (Å²) in [4.78, 5) is 4.25. The quantitative estimate of drug-likeness (QED) is 0.695. The average Bonchev–Trinajstić information content (AvgIpc) is 2.73. The molecule has 18 heavy (non-hydrogen) atoms. The normalized spacial score (nSPS) is 11.3. The van der Waals surface area contributed by atoms with E-state index >= 15 is 0 Å². The molecule has 4 heteroatoms. The van der Waals surface area contributed by atoms with E-state index in [9.17, 15) is 0 Å². The summed E-state index contributed by atoms with van der Waals surface area (Å²) < 4.78 is 1.64. The second kappa shape index (κ2) is 4.33. The van der Waals surface area contributed by atoms with Crippen LogP contribution in [0.4, 0.5) is 5.95 Å². The average molecular weight is 236 g/mol. The van der Waals surface area contributed by atoms with Gasteiger partial charge in [0.2, 0.25) is 5.95 Å². The molecule has 0 unspecified atom stereocenters. The van der Waals surface area contributed by atoms with Crippen molar-refractivity contribution >= 4 is 23.2 Å². The van der Waals surface area contributed by atoms with E-state index in [0.29, 0.717) is 5.95 Å². The zero-order valence-corrected chi connectivity index (χ0v) is 9.69. The minimum Gasteiger partial charge on any atom is -0.368 e. The molecule has 3 rings (SSSR count). The number of nitrogens with two attached hydrogens (primary N) is 1. The number of imidazole rings is 1. The van der Waals surface area contributed by atoms with Crippen molar-refractivity contribution in [3.63, 3.8) is 0 Å². The first kappa shape index (κ1) is 10.5. The molecule has 88 valence electrons. The molecule has 3 aromatic rings. The van der Waals surface area contributed by atoms with Gasteiger partial charge in [0.1, 0.15) is 0 Å². The van der Waals surface area contributed by atoms with E-state index in [1.54, 1.807) is 10.9 Å². The first-order chi connectivity index (χ1) is 8.84. The second-order valence-corrected chi connectivity index (χ2v) is 3.93. The van der Waals surface area contributed by atoms with Crippen LogP contribution in [0, 0.1) is 0 Å². The van der Waals surface area contributed by atoms with Crippen LogP contribution in [0.15, 0.2) is 59.7 Å². The Hall–Kier alpha value is -2.62. The monoisotopic (exact) mass is 236 g/mol. The van der Waals surface area contributed by atoms with Crippen molar-refractivity contribution < 1.29 is 0 Å². The molecule has 0 aliphatic carbocycles. The molecular weight excluding hydrogens is 224 g/mol. The van der Waals surface area contributed by atoms with Crippen molar-refractivity contribution in [3.05, 3.63) is 60.2 Å². The zero-order valence-electron chi connectivity index (χ0n) is 9.69. The summed E-state index contributed by atoms with van der Waals surface area (Å²) in [6.45, 7) is 0. The molecular formula is C14H12N4. The van der Waals surface area contributed by atoms with Crippen molar-refractivity contribution in [2.75, 3.05) is 5.73 Å². The molecule has 4 nitrogen and oxygen atoms in total. The molecule has 1 heterocycles. The third-order valence-corrected chi connectivity index (χ3v) is 2.68. The summed E-state index contributed by atoms with van der Waals surface area (Å²) in [5, 5.41) is 4.37. The largest absolute Gasteiger partial charge is 0.368 e. The van der Waals surface area contributed by atoms with Crippen molar-refractivity contribution in [2.24, 2.45) is 5.10 Å². The number of para-hydroxylation sites is 2. The van der Waals surface area contributed by atoms with Crippen LogP contribution in [-0.2, 0) is 0 Å². The Labute approximate surface area is 104 Å². The lowest BCUT2D eigenvalue weighted by molar-refractivity contribution is 0.931. The zero-order chi connectivity index (χ0) is 12.4. The van der Waals surface area contributed by atoms with Crippen LogP contribution in [-0.4, -0.2) is 15.9 Å². The fourth-order valence-corrected chi connectivity index (χ4v) is 1.82. The lowest BCUT2D eigenvalue weighted by atomic mass is 10.2. The van der Waals surface area contributed by atoms with E-state index in [4.69, 9.17) is 5.73 Å². The fourth-order valence-electron chi connectivity index (χ4n) is 1.82. The highest BCUT2D eigenvalue weighted by molar-refractivity contribution is 5.82. The number of fused-ring (bicyclic) bond motifs is 1. The number of anilines is 1. The van der Waals surface area contributed by atoms with Gasteiger partial charge in [0.15, 0.2) is 0 Å². The number of nitrogen functional groups attached to an aromatic ring is 1. The first-order valence-corrected chi connectivity index (χ1v) is 5.67. The van der Waals surface area contributed by atoms with Gasteiger partial charge < -0.3 is 5.73 Å². The molecule has 0 aliphatic heterocycles. The van der Waals surface area contributed by atoms with Gasteiger partial charge in [-0.2, -0.15) is 9.78 Å². The predicted molar refractivity (Wildman–Crippen MR) is 73.6 cm³/mol. The maximum absolute atomic E-state index is 5.86. The molecule has 0 radical (unpaired) electrons. The van der Waals surface area contributed by atoms with Crippen LogP contribution >= 0.6 is 0 Å².